The largest absolute Gasteiger partial charge is 0.466 e. The van der Waals surface area contributed by atoms with Crippen LogP contribution in [-0.2, 0) is 146 Å². The van der Waals surface area contributed by atoms with Crippen molar-refractivity contribution >= 4 is 71.6 Å². The van der Waals surface area contributed by atoms with Crippen LogP contribution in [0.25, 0.3) is 0 Å². The highest BCUT2D eigenvalue weighted by atomic mass is 16.6. The van der Waals surface area contributed by atoms with Crippen LogP contribution in [0.15, 0.2) is 85.0 Å². The van der Waals surface area contributed by atoms with Crippen LogP contribution < -0.4 is 33.6 Å². The average molecular weight is 1590 g/mol. The second-order valence-corrected chi connectivity index (χ2v) is 20.8. The van der Waals surface area contributed by atoms with Gasteiger partial charge in [-0.25, -0.2) is 19.2 Å². The zero-order valence-corrected chi connectivity index (χ0v) is 67.3. The van der Waals surface area contributed by atoms with Crippen LogP contribution in [0.2, 0.25) is 0 Å². The zero-order valence-electron chi connectivity index (χ0n) is 67.3. The number of aryl methyl sites for hydroxylation is 1. The SMILES string of the molecule is C.CCCC(CC(=O)OCC)C(=O)OCC.CCN.CCOC(=O)/C=C\C(=O)OCC.CCOC(=O)/C=C\C(=O)OCC.CCOC(=O)CC(CCc1ccccc1)C(=O)OCC.CCOC(=O)CC(NCOCCOCNC(CC(=O)OCC)C(=O)OCC)C(=O)OCC.NCOCCOCN.NCc1ccccc1. The van der Waals surface area contributed by atoms with Crippen molar-refractivity contribution in [1.82, 2.24) is 10.6 Å². The third kappa shape index (κ3) is 80.5. The summed E-state index contributed by atoms with van der Waals surface area (Å²) in [4.78, 5) is 136. The number of esters is 12. The molecule has 0 fully saturated rings. The molecule has 0 aliphatic rings. The van der Waals surface area contributed by atoms with E-state index < -0.39 is 65.8 Å². The molecule has 0 amide bonds. The molecule has 0 saturated heterocycles. The summed E-state index contributed by atoms with van der Waals surface area (Å²) in [6, 6.07) is 18.1. The van der Waals surface area contributed by atoms with Gasteiger partial charge in [0.05, 0.1) is 170 Å². The molecule has 0 heterocycles. The van der Waals surface area contributed by atoms with Gasteiger partial charge in [0.15, 0.2) is 0 Å². The summed E-state index contributed by atoms with van der Waals surface area (Å²) < 4.78 is 77.4. The van der Waals surface area contributed by atoms with E-state index >= 15 is 0 Å². The van der Waals surface area contributed by atoms with Crippen molar-refractivity contribution in [3.8, 4) is 0 Å². The number of ether oxygens (including phenoxy) is 16. The van der Waals surface area contributed by atoms with Crippen molar-refractivity contribution in [2.75, 3.05) is 139 Å². The van der Waals surface area contributed by atoms with Crippen molar-refractivity contribution in [3.63, 3.8) is 0 Å². The van der Waals surface area contributed by atoms with Gasteiger partial charge in [0.1, 0.15) is 12.1 Å². The van der Waals surface area contributed by atoms with E-state index in [0.29, 0.717) is 85.5 Å². The number of carbonyl (C=O) groups is 12. The van der Waals surface area contributed by atoms with Crippen LogP contribution in [0, 0.1) is 11.8 Å². The third-order valence-electron chi connectivity index (χ3n) is 12.2. The number of rotatable bonds is 48. The zero-order chi connectivity index (χ0) is 84.2. The Kier molecular flexibility index (Phi) is 91.9. The minimum Gasteiger partial charge on any atom is -0.466 e. The van der Waals surface area contributed by atoms with Gasteiger partial charge in [-0.2, -0.15) is 0 Å². The van der Waals surface area contributed by atoms with Gasteiger partial charge in [-0.05, 0) is 120 Å². The highest BCUT2D eigenvalue weighted by Crippen LogP contribution is 2.17. The minimum atomic E-state index is -0.884. The summed E-state index contributed by atoms with van der Waals surface area (Å²) in [5.41, 5.74) is 22.5. The fourth-order valence-electron chi connectivity index (χ4n) is 7.55. The molecule has 34 nitrogen and oxygen atoms in total. The molecule has 4 unspecified atom stereocenters. The maximum Gasteiger partial charge on any atom is 0.330 e. The highest BCUT2D eigenvalue weighted by molar-refractivity contribution is 5.92. The van der Waals surface area contributed by atoms with Crippen molar-refractivity contribution in [3.05, 3.63) is 96.1 Å². The van der Waals surface area contributed by atoms with E-state index in [9.17, 15) is 57.5 Å². The number of nitrogens with one attached hydrogen (secondary N) is 2. The number of benzene rings is 2. The lowest BCUT2D eigenvalue weighted by atomic mass is 9.96. The van der Waals surface area contributed by atoms with Crippen LogP contribution in [0.1, 0.15) is 160 Å². The average Bonchev–Trinajstić information content (AvgIpc) is 0.926. The van der Waals surface area contributed by atoms with Gasteiger partial charge in [-0.1, -0.05) is 88.4 Å². The van der Waals surface area contributed by atoms with Gasteiger partial charge >= 0.3 is 71.6 Å². The molecular formula is C77H134N6O28. The molecule has 10 N–H and O–H groups in total. The first-order valence-electron chi connectivity index (χ1n) is 36.9. The highest BCUT2D eigenvalue weighted by Gasteiger charge is 2.27. The number of hydrogen-bond donors (Lipinski definition) is 6. The van der Waals surface area contributed by atoms with Gasteiger partial charge in [0.2, 0.25) is 0 Å². The molecule has 2 aromatic carbocycles. The lowest BCUT2D eigenvalue weighted by Gasteiger charge is -2.17. The Balaban J connectivity index is -0.000000238. The Morgan fingerprint density at radius 1 is 0.333 bits per heavy atom. The molecule has 4 atom stereocenters. The molecule has 111 heavy (non-hydrogen) atoms. The topological polar surface area (TPSA) is 481 Å². The molecule has 0 aliphatic carbocycles. The maximum atomic E-state index is 11.9. The van der Waals surface area contributed by atoms with E-state index in [1.165, 1.54) is 5.56 Å². The molecule has 0 aliphatic heterocycles. The Morgan fingerprint density at radius 2 is 0.595 bits per heavy atom. The monoisotopic (exact) mass is 1590 g/mol. The molecule has 0 spiro atoms. The van der Waals surface area contributed by atoms with Gasteiger partial charge in [-0.3, -0.25) is 49.0 Å². The first kappa shape index (κ1) is 115. The number of nitrogens with two attached hydrogens (primary N) is 4. The van der Waals surface area contributed by atoms with Crippen LogP contribution in [0.3, 0.4) is 0 Å². The lowest BCUT2D eigenvalue weighted by molar-refractivity contribution is -0.155. The van der Waals surface area contributed by atoms with Crippen molar-refractivity contribution < 1.29 is 133 Å². The normalized spacial score (nSPS) is 11.0. The molecule has 640 valence electrons. The second kappa shape index (κ2) is 88.4. The van der Waals surface area contributed by atoms with E-state index in [-0.39, 0.29) is 129 Å². The standard InChI is InChI=1S/C20H36N2O10.C16H22O4.C11H20O4.2C8H12O4.C7H9N.C4H12N2O2.C2H7N.CH4/c1-5-29-17(23)11-15(19(25)31-7-3)21-13-27-9-10-28-14-22-16(20(26)32-8-4)12-18(24)30-6-2;1-3-19-15(17)12-14(16(18)20-4-2)11-10-13-8-6-5-7-9-13;1-4-7-9(11(13)15-6-3)8-10(12)14-5-2;2*1-3-11-7(9)5-6-8(10)12-4-2;8-6-7-4-2-1-3-5-7;5-3-7-1-2-8-4-6;1-2-3;/h15-16,21-22H,5-14H2,1-4H3;5-9,14H,3-4,10-12H2,1-2H3;9H,4-8H2,1-3H3;2*5-6H,3-4H2,1-2H3;1-5H,6,8H2;1-6H2;2-3H2,1H3;1H4/b;;;2*6-5-;;;;. The Bertz CT molecular complexity index is 2560. The Hall–Kier alpha value is -8.84. The second-order valence-electron chi connectivity index (χ2n) is 20.8. The predicted molar refractivity (Wildman–Crippen MR) is 414 cm³/mol. The van der Waals surface area contributed by atoms with Crippen LogP contribution >= 0.6 is 0 Å². The quantitative estimate of drug-likeness (QED) is 0.0135. The number of hydrogen-bond acceptors (Lipinski definition) is 34. The maximum absolute atomic E-state index is 11.9. The van der Waals surface area contributed by atoms with Crippen molar-refractivity contribution in [2.24, 2.45) is 34.8 Å². The molecular weight excluding hydrogens is 1460 g/mol. The molecule has 34 heteroatoms. The molecule has 0 aromatic heterocycles. The molecule has 2 aromatic rings. The van der Waals surface area contributed by atoms with Crippen LogP contribution in [0.5, 0.6) is 0 Å². The molecule has 0 radical (unpaired) electrons. The van der Waals surface area contributed by atoms with Gasteiger partial charge in [0, 0.05) is 30.8 Å². The Labute approximate surface area is 657 Å². The van der Waals surface area contributed by atoms with E-state index in [0.717, 1.165) is 49.3 Å². The van der Waals surface area contributed by atoms with Crippen LogP contribution in [-0.4, -0.2) is 223 Å². The molecule has 2 rings (SSSR count). The smallest absolute Gasteiger partial charge is 0.330 e. The minimum absolute atomic E-state index is 0. The van der Waals surface area contributed by atoms with Crippen molar-refractivity contribution in [2.45, 2.75) is 174 Å². The van der Waals surface area contributed by atoms with Gasteiger partial charge in [-0.15, -0.1) is 0 Å². The lowest BCUT2D eigenvalue weighted by Crippen LogP contribution is -2.42. The summed E-state index contributed by atoms with van der Waals surface area (Å²) >= 11 is 0. The fraction of sp³-hybridized carbons (Fsp3) is 0.636. The first-order valence-corrected chi connectivity index (χ1v) is 36.9. The first-order chi connectivity index (χ1) is 52.9. The summed E-state index contributed by atoms with van der Waals surface area (Å²) in [5, 5.41) is 5.57. The van der Waals surface area contributed by atoms with E-state index in [1.807, 2.05) is 74.5 Å². The summed E-state index contributed by atoms with van der Waals surface area (Å²) in [6.07, 6.45) is 6.87. The molecule has 0 bridgehead atoms. The van der Waals surface area contributed by atoms with E-state index in [2.05, 4.69) is 29.6 Å². The molecule has 0 saturated carbocycles. The summed E-state index contributed by atoms with van der Waals surface area (Å²) in [6.45, 7) is 30.9. The Morgan fingerprint density at radius 3 is 0.856 bits per heavy atom. The predicted octanol–water partition coefficient (Wildman–Crippen LogP) is 6.49. The third-order valence-corrected chi connectivity index (χ3v) is 12.2. The van der Waals surface area contributed by atoms with Crippen molar-refractivity contribution in [1.29, 1.82) is 0 Å². The fourth-order valence-corrected chi connectivity index (χ4v) is 7.55. The van der Waals surface area contributed by atoms with Gasteiger partial charge < -0.3 is 98.7 Å². The summed E-state index contributed by atoms with van der Waals surface area (Å²) in [7, 11) is 0. The van der Waals surface area contributed by atoms with E-state index in [1.54, 1.807) is 83.1 Å². The summed E-state index contributed by atoms with van der Waals surface area (Å²) in [5.74, 6) is -6.42. The van der Waals surface area contributed by atoms with Gasteiger partial charge in [0.25, 0.3) is 0 Å². The van der Waals surface area contributed by atoms with Crippen LogP contribution in [0.4, 0.5) is 0 Å². The number of carbonyl (C=O) groups excluding carboxylic acids is 12. The van der Waals surface area contributed by atoms with E-state index in [4.69, 9.17) is 79.8 Å².